The molecular formula is C7H15Cl3NO2P. The lowest BCUT2D eigenvalue weighted by Crippen LogP contribution is -2.26. The highest BCUT2D eigenvalue weighted by molar-refractivity contribution is 7.58. The predicted octanol–water partition coefficient (Wildman–Crippen LogP) is 3.19. The zero-order valence-corrected chi connectivity index (χ0v) is 11.2. The SMILES string of the molecule is CCO[P@@](=O)(CCl)N(CCCl)CCCl. The monoisotopic (exact) mass is 281 g/mol. The molecule has 0 N–H and O–H groups in total. The smallest absolute Gasteiger partial charge is 0.286 e. The van der Waals surface area contributed by atoms with Crippen LogP contribution in [0.25, 0.3) is 0 Å². The summed E-state index contributed by atoms with van der Waals surface area (Å²) < 4.78 is 18.9. The lowest BCUT2D eigenvalue weighted by atomic mass is 10.6. The Morgan fingerprint density at radius 3 is 2.00 bits per heavy atom. The van der Waals surface area contributed by atoms with Gasteiger partial charge < -0.3 is 4.52 Å². The van der Waals surface area contributed by atoms with Crippen molar-refractivity contribution < 1.29 is 9.09 Å². The maximum atomic E-state index is 12.1. The fourth-order valence-corrected chi connectivity index (χ4v) is 3.91. The Hall–Kier alpha value is 1.02. The molecule has 0 unspecified atom stereocenters. The molecule has 0 aromatic carbocycles. The van der Waals surface area contributed by atoms with Crippen LogP contribution in [0.1, 0.15) is 6.92 Å². The molecule has 0 aromatic rings. The van der Waals surface area contributed by atoms with Gasteiger partial charge in [0.15, 0.2) is 0 Å². The Balaban J connectivity index is 4.46. The minimum Gasteiger partial charge on any atom is -0.317 e. The molecule has 0 bridgehead atoms. The molecule has 0 spiro atoms. The van der Waals surface area contributed by atoms with Crippen molar-refractivity contribution in [1.29, 1.82) is 0 Å². The number of nitrogens with zero attached hydrogens (tertiary/aromatic N) is 1. The topological polar surface area (TPSA) is 29.5 Å². The molecule has 0 saturated carbocycles. The Bertz CT molecular complexity index is 188. The summed E-state index contributed by atoms with van der Waals surface area (Å²) in [4.78, 5) is 0. The lowest BCUT2D eigenvalue weighted by Gasteiger charge is -2.28. The summed E-state index contributed by atoms with van der Waals surface area (Å²) in [5.41, 5.74) is -0.0331. The van der Waals surface area contributed by atoms with Gasteiger partial charge in [-0.3, -0.25) is 4.57 Å². The van der Waals surface area contributed by atoms with Gasteiger partial charge in [-0.15, -0.1) is 34.8 Å². The summed E-state index contributed by atoms with van der Waals surface area (Å²) in [6.07, 6.45) is 0. The second-order valence-electron chi connectivity index (χ2n) is 2.51. The molecule has 0 radical (unpaired) electrons. The van der Waals surface area contributed by atoms with Gasteiger partial charge in [0.25, 0.3) is 7.52 Å². The zero-order valence-electron chi connectivity index (χ0n) is 8.09. The first-order valence-corrected chi connectivity index (χ1v) is 7.68. The van der Waals surface area contributed by atoms with Crippen molar-refractivity contribution >= 4 is 42.3 Å². The third kappa shape index (κ3) is 4.69. The highest BCUT2D eigenvalue weighted by atomic mass is 35.5. The van der Waals surface area contributed by atoms with Gasteiger partial charge in [-0.1, -0.05) is 0 Å². The molecule has 0 aliphatic rings. The van der Waals surface area contributed by atoms with Gasteiger partial charge in [-0.2, -0.15) is 0 Å². The van der Waals surface area contributed by atoms with Crippen molar-refractivity contribution in [3.8, 4) is 0 Å². The van der Waals surface area contributed by atoms with E-state index in [2.05, 4.69) is 0 Å². The van der Waals surface area contributed by atoms with E-state index in [0.29, 0.717) is 31.5 Å². The van der Waals surface area contributed by atoms with Crippen LogP contribution in [-0.4, -0.2) is 41.7 Å². The van der Waals surface area contributed by atoms with Gasteiger partial charge in [0.05, 0.1) is 6.61 Å². The van der Waals surface area contributed by atoms with Gasteiger partial charge in [0.2, 0.25) is 0 Å². The number of hydrogen-bond donors (Lipinski definition) is 0. The molecule has 0 rings (SSSR count). The van der Waals surface area contributed by atoms with Gasteiger partial charge in [-0.25, -0.2) is 4.67 Å². The Morgan fingerprint density at radius 2 is 1.71 bits per heavy atom. The highest BCUT2D eigenvalue weighted by Crippen LogP contribution is 2.51. The van der Waals surface area contributed by atoms with Crippen molar-refractivity contribution in [1.82, 2.24) is 4.67 Å². The molecule has 0 fully saturated rings. The minimum atomic E-state index is -2.91. The first-order valence-electron chi connectivity index (χ1n) is 4.31. The van der Waals surface area contributed by atoms with E-state index in [1.807, 2.05) is 0 Å². The van der Waals surface area contributed by atoms with Crippen LogP contribution in [0, 0.1) is 0 Å². The largest absolute Gasteiger partial charge is 0.317 e. The molecule has 0 aliphatic heterocycles. The number of rotatable bonds is 8. The van der Waals surface area contributed by atoms with Crippen LogP contribution in [-0.2, 0) is 9.09 Å². The minimum absolute atomic E-state index is 0.0331. The third-order valence-electron chi connectivity index (χ3n) is 1.60. The summed E-state index contributed by atoms with van der Waals surface area (Å²) in [5, 5.41) is 0. The summed E-state index contributed by atoms with van der Waals surface area (Å²) in [6.45, 7) is 3.08. The van der Waals surface area contributed by atoms with Crippen molar-refractivity contribution in [3.05, 3.63) is 0 Å². The summed E-state index contributed by atoms with van der Waals surface area (Å²) in [5.74, 6) is 0.760. The summed E-state index contributed by atoms with van der Waals surface area (Å²) >= 11 is 16.8. The van der Waals surface area contributed by atoms with Crippen LogP contribution < -0.4 is 0 Å². The van der Waals surface area contributed by atoms with Crippen LogP contribution in [0.15, 0.2) is 0 Å². The van der Waals surface area contributed by atoms with Crippen molar-refractivity contribution in [2.24, 2.45) is 0 Å². The molecule has 86 valence electrons. The van der Waals surface area contributed by atoms with Crippen LogP contribution >= 0.6 is 42.3 Å². The fraction of sp³-hybridized carbons (Fsp3) is 1.00. The van der Waals surface area contributed by atoms with Gasteiger partial charge in [0.1, 0.15) is 5.62 Å². The molecule has 3 nitrogen and oxygen atoms in total. The molecule has 0 heterocycles. The van der Waals surface area contributed by atoms with Crippen LogP contribution in [0.4, 0.5) is 0 Å². The molecule has 7 heteroatoms. The molecule has 0 aliphatic carbocycles. The highest BCUT2D eigenvalue weighted by Gasteiger charge is 2.29. The van der Waals surface area contributed by atoms with E-state index in [0.717, 1.165) is 0 Å². The molecule has 0 aromatic heterocycles. The van der Waals surface area contributed by atoms with Crippen molar-refractivity contribution in [2.45, 2.75) is 6.92 Å². The standard InChI is InChI=1S/C7H15Cl3NO2P/c1-2-13-14(12,7-10)11(5-3-8)6-4-9/h2-7H2,1H3/t14-/m0/s1. The summed E-state index contributed by atoms with van der Waals surface area (Å²) in [6, 6.07) is 0. The third-order valence-corrected chi connectivity index (χ3v) is 5.07. The van der Waals surface area contributed by atoms with Crippen molar-refractivity contribution in [2.75, 3.05) is 37.1 Å². The maximum Gasteiger partial charge on any atom is 0.286 e. The van der Waals surface area contributed by atoms with E-state index in [9.17, 15) is 4.57 Å². The Kier molecular flexibility index (Phi) is 8.80. The Labute approximate surface area is 100 Å². The predicted molar refractivity (Wildman–Crippen MR) is 63.0 cm³/mol. The quantitative estimate of drug-likeness (QED) is 0.506. The van der Waals surface area contributed by atoms with Crippen LogP contribution in [0.3, 0.4) is 0 Å². The zero-order chi connectivity index (χ0) is 11.0. The normalized spacial score (nSPS) is 15.8. The van der Waals surface area contributed by atoms with Gasteiger partial charge in [-0.05, 0) is 6.92 Å². The molecule has 0 amide bonds. The second-order valence-corrected chi connectivity index (χ2v) is 6.32. The second kappa shape index (κ2) is 8.20. The van der Waals surface area contributed by atoms with E-state index in [-0.39, 0.29) is 5.62 Å². The van der Waals surface area contributed by atoms with E-state index >= 15 is 0 Å². The molecule has 1 atom stereocenters. The van der Waals surface area contributed by atoms with E-state index < -0.39 is 7.52 Å². The molecule has 0 saturated heterocycles. The first-order chi connectivity index (χ1) is 6.64. The van der Waals surface area contributed by atoms with Crippen molar-refractivity contribution in [3.63, 3.8) is 0 Å². The van der Waals surface area contributed by atoms with Gasteiger partial charge >= 0.3 is 0 Å². The van der Waals surface area contributed by atoms with E-state index in [4.69, 9.17) is 39.3 Å². The number of alkyl halides is 3. The number of hydrogen-bond acceptors (Lipinski definition) is 2. The number of halogens is 3. The first kappa shape index (κ1) is 15.0. The van der Waals surface area contributed by atoms with Crippen LogP contribution in [0.5, 0.6) is 0 Å². The maximum absolute atomic E-state index is 12.1. The van der Waals surface area contributed by atoms with Crippen LogP contribution in [0.2, 0.25) is 0 Å². The van der Waals surface area contributed by atoms with E-state index in [1.165, 1.54) is 0 Å². The van der Waals surface area contributed by atoms with E-state index in [1.54, 1.807) is 11.6 Å². The Morgan fingerprint density at radius 1 is 1.21 bits per heavy atom. The summed E-state index contributed by atoms with van der Waals surface area (Å²) in [7, 11) is -2.91. The van der Waals surface area contributed by atoms with Gasteiger partial charge in [0, 0.05) is 24.8 Å². The molecular weight excluding hydrogens is 267 g/mol. The molecule has 14 heavy (non-hydrogen) atoms. The average Bonchev–Trinajstić information content (AvgIpc) is 2.18. The lowest BCUT2D eigenvalue weighted by molar-refractivity contribution is 0.282. The fourth-order valence-electron chi connectivity index (χ4n) is 1.01. The average molecular weight is 283 g/mol.